The maximum absolute atomic E-state index is 11.2. The second kappa shape index (κ2) is 17.4. The Morgan fingerprint density at radius 3 is 1.61 bits per heavy atom. The van der Waals surface area contributed by atoms with Gasteiger partial charge >= 0.3 is 11.9 Å². The summed E-state index contributed by atoms with van der Waals surface area (Å²) in [6.45, 7) is 7.85. The fourth-order valence-electron chi connectivity index (χ4n) is 3.45. The predicted octanol–water partition coefficient (Wildman–Crippen LogP) is 6.05. The van der Waals surface area contributed by atoms with Gasteiger partial charge in [-0.2, -0.15) is 23.5 Å². The lowest BCUT2D eigenvalue weighted by Crippen LogP contribution is -2.14. The van der Waals surface area contributed by atoms with Gasteiger partial charge in [0.05, 0.1) is 9.16 Å². The van der Waals surface area contributed by atoms with Gasteiger partial charge in [-0.25, -0.2) is 9.59 Å². The molecule has 2 aliphatic heterocycles. The molecule has 0 radical (unpaired) electrons. The van der Waals surface area contributed by atoms with Gasteiger partial charge < -0.3 is 9.47 Å². The number of benzene rings is 1. The highest BCUT2D eigenvalue weighted by molar-refractivity contribution is 8.22. The zero-order valence-electron chi connectivity index (χ0n) is 20.3. The number of ether oxygens (including phenoxy) is 2. The molecular formula is C26H34O4S6. The van der Waals surface area contributed by atoms with E-state index in [0.717, 1.165) is 47.4 Å². The molecule has 2 saturated heterocycles. The van der Waals surface area contributed by atoms with Crippen LogP contribution in [0.25, 0.3) is 0 Å². The van der Waals surface area contributed by atoms with Crippen molar-refractivity contribution in [3.05, 3.63) is 60.7 Å². The molecule has 10 heteroatoms. The van der Waals surface area contributed by atoms with Crippen LogP contribution in [0.3, 0.4) is 0 Å². The zero-order valence-corrected chi connectivity index (χ0v) is 25.2. The van der Waals surface area contributed by atoms with Crippen LogP contribution in [-0.4, -0.2) is 79.3 Å². The van der Waals surface area contributed by atoms with Gasteiger partial charge in [-0.1, -0.05) is 37.4 Å². The average molecular weight is 603 g/mol. The Bertz CT molecular complexity index is 780. The molecule has 2 fully saturated rings. The number of carbonyl (C=O) groups excluding carboxylic acids is 2. The molecule has 4 unspecified atom stereocenters. The van der Waals surface area contributed by atoms with Crippen LogP contribution in [0.2, 0.25) is 0 Å². The monoisotopic (exact) mass is 602 g/mol. The average Bonchev–Trinajstić information content (AvgIpc) is 3.56. The predicted molar refractivity (Wildman–Crippen MR) is 166 cm³/mol. The quantitative estimate of drug-likeness (QED) is 0.127. The number of hydrogen-bond acceptors (Lipinski definition) is 10. The molecule has 0 N–H and O–H groups in total. The molecular weight excluding hydrogens is 569 g/mol. The largest absolute Gasteiger partial charge is 0.461 e. The fourth-order valence-corrected chi connectivity index (χ4v) is 12.8. The Labute approximate surface area is 241 Å². The molecule has 0 spiro atoms. The first-order chi connectivity index (χ1) is 17.6. The topological polar surface area (TPSA) is 52.6 Å². The Hall–Kier alpha value is -0.260. The van der Waals surface area contributed by atoms with E-state index in [4.69, 9.17) is 9.47 Å². The highest BCUT2D eigenvalue weighted by Crippen LogP contribution is 2.40. The molecule has 1 aromatic rings. The molecule has 36 heavy (non-hydrogen) atoms. The van der Waals surface area contributed by atoms with E-state index in [-0.39, 0.29) is 11.9 Å². The van der Waals surface area contributed by atoms with Crippen molar-refractivity contribution < 1.29 is 19.1 Å². The Balaban J connectivity index is 1.20. The van der Waals surface area contributed by atoms with Gasteiger partial charge in [0, 0.05) is 45.7 Å². The lowest BCUT2D eigenvalue weighted by Gasteiger charge is -2.11. The highest BCUT2D eigenvalue weighted by atomic mass is 32.2. The Morgan fingerprint density at radius 2 is 1.22 bits per heavy atom. The second-order valence-corrected chi connectivity index (χ2v) is 16.6. The van der Waals surface area contributed by atoms with Gasteiger partial charge in [-0.05, 0) is 35.5 Å². The number of esters is 2. The first-order valence-corrected chi connectivity index (χ1v) is 18.2. The summed E-state index contributed by atoms with van der Waals surface area (Å²) < 4.78 is 11.5. The van der Waals surface area contributed by atoms with Gasteiger partial charge in [0.1, 0.15) is 13.2 Å². The van der Waals surface area contributed by atoms with Crippen LogP contribution in [0.4, 0.5) is 0 Å². The summed E-state index contributed by atoms with van der Waals surface area (Å²) in [5.74, 6) is 5.97. The highest BCUT2D eigenvalue weighted by Gasteiger charge is 2.27. The summed E-state index contributed by atoms with van der Waals surface area (Å²) in [5, 5.41) is 0.800. The molecule has 2 aliphatic rings. The van der Waals surface area contributed by atoms with Crippen LogP contribution >= 0.6 is 70.6 Å². The third-order valence-corrected chi connectivity index (χ3v) is 14.8. The number of carbonyl (C=O) groups is 2. The molecule has 0 aliphatic carbocycles. The second-order valence-electron chi connectivity index (χ2n) is 8.18. The third kappa shape index (κ3) is 11.6. The summed E-state index contributed by atoms with van der Waals surface area (Å²) in [5.41, 5.74) is 2.81. The zero-order chi connectivity index (χ0) is 25.6. The van der Waals surface area contributed by atoms with Crippen LogP contribution < -0.4 is 0 Å². The smallest absolute Gasteiger partial charge is 0.330 e. The molecule has 0 bridgehead atoms. The van der Waals surface area contributed by atoms with Gasteiger partial charge in [-0.3, -0.25) is 0 Å². The van der Waals surface area contributed by atoms with Crippen molar-refractivity contribution in [2.45, 2.75) is 32.5 Å². The first-order valence-electron chi connectivity index (χ1n) is 11.9. The maximum atomic E-state index is 11.2. The number of hydrogen-bond donors (Lipinski definition) is 0. The molecule has 3 rings (SSSR count). The molecule has 0 aromatic heterocycles. The first kappa shape index (κ1) is 30.3. The molecule has 4 nitrogen and oxygen atoms in total. The van der Waals surface area contributed by atoms with Crippen LogP contribution in [0.1, 0.15) is 11.1 Å². The van der Waals surface area contributed by atoms with E-state index in [1.54, 1.807) is 0 Å². The van der Waals surface area contributed by atoms with Crippen molar-refractivity contribution in [1.82, 2.24) is 0 Å². The summed E-state index contributed by atoms with van der Waals surface area (Å²) in [7, 11) is 0. The minimum Gasteiger partial charge on any atom is -0.461 e. The SMILES string of the molecule is C=CC(=O)OCC1CSC(CSCCc2ccc(CCSCC3SCC(COC(=O)C=C)S3)cc2)S1. The summed E-state index contributed by atoms with van der Waals surface area (Å²) in [4.78, 5) is 22.4. The van der Waals surface area contributed by atoms with Crippen molar-refractivity contribution in [2.75, 3.05) is 47.7 Å². The van der Waals surface area contributed by atoms with Crippen LogP contribution in [-0.2, 0) is 31.9 Å². The van der Waals surface area contributed by atoms with Crippen LogP contribution in [0.5, 0.6) is 0 Å². The van der Waals surface area contributed by atoms with Gasteiger partial charge in [0.15, 0.2) is 0 Å². The van der Waals surface area contributed by atoms with Crippen molar-refractivity contribution in [2.24, 2.45) is 0 Å². The van der Waals surface area contributed by atoms with Crippen LogP contribution in [0.15, 0.2) is 49.6 Å². The van der Waals surface area contributed by atoms with E-state index in [1.807, 2.05) is 70.6 Å². The molecule has 4 atom stereocenters. The molecule has 0 saturated carbocycles. The molecule has 198 valence electrons. The van der Waals surface area contributed by atoms with Gasteiger partial charge in [-0.15, -0.1) is 47.0 Å². The molecule has 2 heterocycles. The maximum Gasteiger partial charge on any atom is 0.330 e. The van der Waals surface area contributed by atoms with Gasteiger partial charge in [0.25, 0.3) is 0 Å². The van der Waals surface area contributed by atoms with E-state index >= 15 is 0 Å². The number of thioether (sulfide) groups is 6. The standard InChI is InChI=1S/C26H34O4S6/c1-3-23(27)29-13-21-15-33-25(35-21)17-31-11-9-19-5-7-20(8-6-19)10-12-32-18-26-34-16-22(36-26)14-30-24(28)4-2/h3-8,21-22,25-26H,1-2,9-18H2. The van der Waals surface area contributed by atoms with Crippen molar-refractivity contribution >= 4 is 82.5 Å². The minimum atomic E-state index is -0.328. The molecule has 1 aromatic carbocycles. The minimum absolute atomic E-state index is 0.328. The van der Waals surface area contributed by atoms with E-state index < -0.39 is 0 Å². The normalized spacial score (nSPS) is 23.3. The van der Waals surface area contributed by atoms with E-state index in [0.29, 0.717) is 32.9 Å². The summed E-state index contributed by atoms with van der Waals surface area (Å²) in [6.07, 6.45) is 4.65. The van der Waals surface area contributed by atoms with Crippen molar-refractivity contribution in [3.63, 3.8) is 0 Å². The van der Waals surface area contributed by atoms with Crippen molar-refractivity contribution in [1.29, 1.82) is 0 Å². The van der Waals surface area contributed by atoms with E-state index in [2.05, 4.69) is 37.4 Å². The van der Waals surface area contributed by atoms with E-state index in [1.165, 1.54) is 23.3 Å². The Kier molecular flexibility index (Phi) is 14.6. The lowest BCUT2D eigenvalue weighted by atomic mass is 10.1. The summed E-state index contributed by atoms with van der Waals surface area (Å²) in [6, 6.07) is 9.12. The molecule has 0 amide bonds. The third-order valence-electron chi connectivity index (χ3n) is 5.38. The number of aryl methyl sites for hydroxylation is 2. The van der Waals surface area contributed by atoms with Gasteiger partial charge in [0.2, 0.25) is 0 Å². The lowest BCUT2D eigenvalue weighted by molar-refractivity contribution is -0.138. The Morgan fingerprint density at radius 1 is 0.806 bits per heavy atom. The van der Waals surface area contributed by atoms with Crippen molar-refractivity contribution in [3.8, 4) is 0 Å². The van der Waals surface area contributed by atoms with E-state index in [9.17, 15) is 9.59 Å². The fraction of sp³-hybridized carbons (Fsp3) is 0.538. The van der Waals surface area contributed by atoms with Crippen LogP contribution in [0, 0.1) is 0 Å². The number of rotatable bonds is 16. The summed E-state index contributed by atoms with van der Waals surface area (Å²) >= 11 is 11.9.